The first-order chi connectivity index (χ1) is 8.76. The van der Waals surface area contributed by atoms with Gasteiger partial charge < -0.3 is 14.8 Å². The highest BCUT2D eigenvalue weighted by Gasteiger charge is 2.32. The van der Waals surface area contributed by atoms with Gasteiger partial charge in [-0.3, -0.25) is 0 Å². The Morgan fingerprint density at radius 3 is 2.63 bits per heavy atom. The van der Waals surface area contributed by atoms with Crippen LogP contribution < -0.4 is 5.32 Å². The molecule has 108 valence electrons. The topological polar surface area (TPSA) is 30.5 Å². The van der Waals surface area contributed by atoms with Crippen molar-refractivity contribution in [3.8, 4) is 0 Å². The molecule has 1 saturated heterocycles. The van der Waals surface area contributed by atoms with Gasteiger partial charge in [-0.2, -0.15) is 0 Å². The average molecular weight is 283 g/mol. The van der Waals surface area contributed by atoms with E-state index in [0.717, 1.165) is 13.1 Å². The third-order valence-corrected chi connectivity index (χ3v) is 4.65. The van der Waals surface area contributed by atoms with Crippen LogP contribution in [0.1, 0.15) is 44.4 Å². The maximum absolute atomic E-state index is 5.76. The molecule has 2 heterocycles. The quantitative estimate of drug-likeness (QED) is 0.920. The third kappa shape index (κ3) is 4.28. The van der Waals surface area contributed by atoms with Crippen molar-refractivity contribution in [2.24, 2.45) is 0 Å². The van der Waals surface area contributed by atoms with E-state index in [1.807, 2.05) is 25.2 Å². The van der Waals surface area contributed by atoms with Crippen LogP contribution in [0.25, 0.3) is 0 Å². The van der Waals surface area contributed by atoms with Gasteiger partial charge in [0.25, 0.3) is 0 Å². The Kier molecular flexibility index (Phi) is 4.35. The number of hydrogen-bond donors (Lipinski definition) is 1. The van der Waals surface area contributed by atoms with Crippen molar-refractivity contribution in [2.45, 2.75) is 58.5 Å². The van der Waals surface area contributed by atoms with Crippen LogP contribution >= 0.6 is 11.3 Å². The van der Waals surface area contributed by atoms with Gasteiger partial charge in [-0.1, -0.05) is 20.8 Å². The molecule has 0 saturated carbocycles. The Hall–Kier alpha value is -0.420. The van der Waals surface area contributed by atoms with Gasteiger partial charge in [-0.05, 0) is 31.4 Å². The summed E-state index contributed by atoms with van der Waals surface area (Å²) in [6.45, 7) is 13.1. The number of ether oxygens (including phenoxy) is 2. The summed E-state index contributed by atoms with van der Waals surface area (Å²) >= 11 is 1.89. The standard InChI is InChI=1S/C15H25NO2S/c1-14(2,3)13-7-6-12(19-13)9-16-8-11-10-17-15(4,5)18-11/h6-7,11,16H,8-10H2,1-5H3. The summed E-state index contributed by atoms with van der Waals surface area (Å²) in [6, 6.07) is 4.45. The van der Waals surface area contributed by atoms with Gasteiger partial charge in [0.1, 0.15) is 0 Å². The van der Waals surface area contributed by atoms with Crippen LogP contribution in [0.15, 0.2) is 12.1 Å². The van der Waals surface area contributed by atoms with Crippen molar-refractivity contribution in [2.75, 3.05) is 13.2 Å². The lowest BCUT2D eigenvalue weighted by molar-refractivity contribution is -0.137. The molecular formula is C15H25NO2S. The summed E-state index contributed by atoms with van der Waals surface area (Å²) in [7, 11) is 0. The Balaban J connectivity index is 1.76. The second-order valence-electron chi connectivity index (χ2n) is 6.60. The van der Waals surface area contributed by atoms with Crippen LogP contribution in [0.5, 0.6) is 0 Å². The molecule has 1 fully saturated rings. The number of hydrogen-bond acceptors (Lipinski definition) is 4. The van der Waals surface area contributed by atoms with Gasteiger partial charge >= 0.3 is 0 Å². The summed E-state index contributed by atoms with van der Waals surface area (Å²) in [6.07, 6.45) is 0.164. The molecule has 0 spiro atoms. The maximum Gasteiger partial charge on any atom is 0.163 e. The van der Waals surface area contributed by atoms with E-state index in [0.29, 0.717) is 6.61 Å². The van der Waals surface area contributed by atoms with Crippen LogP contribution in [-0.2, 0) is 21.4 Å². The maximum atomic E-state index is 5.76. The van der Waals surface area contributed by atoms with Crippen molar-refractivity contribution in [3.63, 3.8) is 0 Å². The molecule has 1 unspecified atom stereocenters. The molecule has 2 rings (SSSR count). The summed E-state index contributed by atoms with van der Waals surface area (Å²) in [5.74, 6) is -0.422. The lowest BCUT2D eigenvalue weighted by Gasteiger charge is -2.17. The first-order valence-electron chi connectivity index (χ1n) is 6.88. The normalized spacial score (nSPS) is 22.9. The molecule has 1 aliphatic rings. The molecule has 1 aliphatic heterocycles. The van der Waals surface area contributed by atoms with Gasteiger partial charge in [0.05, 0.1) is 12.7 Å². The fraction of sp³-hybridized carbons (Fsp3) is 0.733. The average Bonchev–Trinajstić information content (AvgIpc) is 2.85. The van der Waals surface area contributed by atoms with Crippen molar-refractivity contribution >= 4 is 11.3 Å². The molecule has 0 bridgehead atoms. The summed E-state index contributed by atoms with van der Waals surface area (Å²) in [5.41, 5.74) is 0.245. The zero-order valence-electron chi connectivity index (χ0n) is 12.6. The van der Waals surface area contributed by atoms with Crippen LogP contribution in [0.2, 0.25) is 0 Å². The molecule has 4 heteroatoms. The Labute approximate surface area is 120 Å². The summed E-state index contributed by atoms with van der Waals surface area (Å²) in [5, 5.41) is 3.45. The highest BCUT2D eigenvalue weighted by molar-refractivity contribution is 7.12. The molecule has 19 heavy (non-hydrogen) atoms. The Morgan fingerprint density at radius 1 is 1.37 bits per heavy atom. The zero-order chi connectivity index (χ0) is 14.1. The molecule has 1 N–H and O–H groups in total. The second-order valence-corrected chi connectivity index (χ2v) is 7.77. The smallest absolute Gasteiger partial charge is 0.163 e. The van der Waals surface area contributed by atoms with Gasteiger partial charge in [-0.15, -0.1) is 11.3 Å². The van der Waals surface area contributed by atoms with E-state index in [1.54, 1.807) is 0 Å². The fourth-order valence-corrected chi connectivity index (χ4v) is 3.13. The molecule has 1 aromatic rings. The molecule has 3 nitrogen and oxygen atoms in total. The number of nitrogens with one attached hydrogen (secondary N) is 1. The van der Waals surface area contributed by atoms with Crippen molar-refractivity contribution in [1.29, 1.82) is 0 Å². The molecule has 0 aliphatic carbocycles. The fourth-order valence-electron chi connectivity index (χ4n) is 2.10. The first-order valence-corrected chi connectivity index (χ1v) is 7.70. The second kappa shape index (κ2) is 5.52. The van der Waals surface area contributed by atoms with Crippen LogP contribution in [0.3, 0.4) is 0 Å². The summed E-state index contributed by atoms with van der Waals surface area (Å²) in [4.78, 5) is 2.81. The molecule has 0 aromatic carbocycles. The van der Waals surface area contributed by atoms with E-state index < -0.39 is 5.79 Å². The highest BCUT2D eigenvalue weighted by Crippen LogP contribution is 2.29. The monoisotopic (exact) mass is 283 g/mol. The number of thiophene rings is 1. The molecule has 0 radical (unpaired) electrons. The van der Waals surface area contributed by atoms with Crippen molar-refractivity contribution < 1.29 is 9.47 Å². The SMILES string of the molecule is CC1(C)OCC(CNCc2ccc(C(C)(C)C)s2)O1. The van der Waals surface area contributed by atoms with Crippen LogP contribution in [-0.4, -0.2) is 25.0 Å². The third-order valence-electron chi connectivity index (χ3n) is 3.14. The lowest BCUT2D eigenvalue weighted by atomic mass is 9.95. The molecular weight excluding hydrogens is 258 g/mol. The van der Waals surface area contributed by atoms with Gasteiger partial charge in [-0.25, -0.2) is 0 Å². The molecule has 0 amide bonds. The largest absolute Gasteiger partial charge is 0.348 e. The predicted octanol–water partition coefficient (Wildman–Crippen LogP) is 3.29. The van der Waals surface area contributed by atoms with Gasteiger partial charge in [0.2, 0.25) is 0 Å². The van der Waals surface area contributed by atoms with E-state index in [-0.39, 0.29) is 11.5 Å². The van der Waals surface area contributed by atoms with Crippen molar-refractivity contribution in [3.05, 3.63) is 21.9 Å². The lowest BCUT2D eigenvalue weighted by Crippen LogP contribution is -2.30. The minimum Gasteiger partial charge on any atom is -0.348 e. The Bertz CT molecular complexity index is 420. The zero-order valence-corrected chi connectivity index (χ0v) is 13.4. The van der Waals surface area contributed by atoms with Crippen LogP contribution in [0.4, 0.5) is 0 Å². The van der Waals surface area contributed by atoms with Crippen LogP contribution in [0, 0.1) is 0 Å². The molecule has 1 atom stereocenters. The minimum atomic E-state index is -0.422. The van der Waals surface area contributed by atoms with E-state index >= 15 is 0 Å². The van der Waals surface area contributed by atoms with E-state index in [1.165, 1.54) is 9.75 Å². The van der Waals surface area contributed by atoms with E-state index in [4.69, 9.17) is 9.47 Å². The highest BCUT2D eigenvalue weighted by atomic mass is 32.1. The Morgan fingerprint density at radius 2 is 2.11 bits per heavy atom. The summed E-state index contributed by atoms with van der Waals surface area (Å²) < 4.78 is 11.3. The molecule has 1 aromatic heterocycles. The first kappa shape index (κ1) is 15.0. The van der Waals surface area contributed by atoms with Crippen molar-refractivity contribution in [1.82, 2.24) is 5.32 Å². The number of rotatable bonds is 4. The van der Waals surface area contributed by atoms with E-state index in [2.05, 4.69) is 38.2 Å². The van der Waals surface area contributed by atoms with Gasteiger partial charge in [0, 0.05) is 22.8 Å². The predicted molar refractivity (Wildman–Crippen MR) is 79.6 cm³/mol. The van der Waals surface area contributed by atoms with E-state index in [9.17, 15) is 0 Å². The van der Waals surface area contributed by atoms with Gasteiger partial charge in [0.15, 0.2) is 5.79 Å². The minimum absolute atomic E-state index is 0.164.